The first-order valence-electron chi connectivity index (χ1n) is 9.64. The summed E-state index contributed by atoms with van der Waals surface area (Å²) in [5.41, 5.74) is 5.68. The molecule has 0 aliphatic rings. The van der Waals surface area contributed by atoms with Crippen molar-refractivity contribution in [1.29, 1.82) is 0 Å². The van der Waals surface area contributed by atoms with E-state index in [4.69, 9.17) is 25.8 Å². The number of ether oxygens (including phenoxy) is 3. The second kappa shape index (κ2) is 10.5. The third kappa shape index (κ3) is 5.42. The van der Waals surface area contributed by atoms with E-state index in [1.54, 1.807) is 37.3 Å². The average Bonchev–Trinajstić information content (AvgIpc) is 3.14. The number of esters is 1. The van der Waals surface area contributed by atoms with Crippen molar-refractivity contribution in [2.75, 3.05) is 20.8 Å². The molecule has 2 aromatic carbocycles. The van der Waals surface area contributed by atoms with E-state index in [0.29, 0.717) is 22.9 Å². The lowest BCUT2D eigenvalue weighted by Gasteiger charge is -2.11. The number of halogens is 1. The Morgan fingerprint density at radius 1 is 1.00 bits per heavy atom. The maximum absolute atomic E-state index is 12.5. The lowest BCUT2D eigenvalue weighted by atomic mass is 10.2. The van der Waals surface area contributed by atoms with E-state index in [9.17, 15) is 14.4 Å². The highest BCUT2D eigenvalue weighted by Crippen LogP contribution is 2.27. The molecular weight excluding hydrogens is 452 g/mol. The van der Waals surface area contributed by atoms with Crippen molar-refractivity contribution in [2.24, 2.45) is 0 Å². The molecule has 1 aromatic heterocycles. The summed E-state index contributed by atoms with van der Waals surface area (Å²) < 4.78 is 16.7. The summed E-state index contributed by atoms with van der Waals surface area (Å²) in [7, 11) is 2.91. The highest BCUT2D eigenvalue weighted by atomic mass is 35.5. The van der Waals surface area contributed by atoms with Gasteiger partial charge in [0.05, 0.1) is 25.6 Å². The van der Waals surface area contributed by atoms with Gasteiger partial charge in [-0.3, -0.25) is 20.4 Å². The number of aromatic nitrogens is 2. The molecule has 0 fully saturated rings. The summed E-state index contributed by atoms with van der Waals surface area (Å²) in [5, 5.41) is 4.32. The second-order valence-electron chi connectivity index (χ2n) is 6.65. The van der Waals surface area contributed by atoms with Gasteiger partial charge in [0.15, 0.2) is 18.1 Å². The van der Waals surface area contributed by atoms with Gasteiger partial charge in [0.2, 0.25) is 0 Å². The Kier molecular flexibility index (Phi) is 7.52. The van der Waals surface area contributed by atoms with Crippen LogP contribution in [0.15, 0.2) is 48.5 Å². The highest BCUT2D eigenvalue weighted by Gasteiger charge is 2.23. The fourth-order valence-corrected chi connectivity index (χ4v) is 3.24. The zero-order valence-corrected chi connectivity index (χ0v) is 18.8. The van der Waals surface area contributed by atoms with Crippen LogP contribution in [0.5, 0.6) is 11.5 Å². The van der Waals surface area contributed by atoms with E-state index >= 15 is 0 Å². The van der Waals surface area contributed by atoms with Crippen LogP contribution in [0.2, 0.25) is 5.15 Å². The van der Waals surface area contributed by atoms with E-state index in [0.717, 1.165) is 0 Å². The monoisotopic (exact) mass is 472 g/mol. The van der Waals surface area contributed by atoms with Gasteiger partial charge in [-0.2, -0.15) is 5.10 Å². The topological polar surface area (TPSA) is 121 Å². The van der Waals surface area contributed by atoms with Crippen LogP contribution < -0.4 is 20.3 Å². The van der Waals surface area contributed by atoms with Crippen molar-refractivity contribution < 1.29 is 28.6 Å². The van der Waals surface area contributed by atoms with Gasteiger partial charge in [0.25, 0.3) is 11.8 Å². The lowest BCUT2D eigenvalue weighted by Crippen LogP contribution is -2.43. The molecule has 1 heterocycles. The average molecular weight is 473 g/mol. The number of carbonyl (C=O) groups is 3. The molecule has 10 nitrogen and oxygen atoms in total. The number of nitrogens with zero attached hydrogens (tertiary/aromatic N) is 2. The highest BCUT2D eigenvalue weighted by molar-refractivity contribution is 6.33. The van der Waals surface area contributed by atoms with Gasteiger partial charge in [-0.25, -0.2) is 9.48 Å². The number of amides is 2. The summed E-state index contributed by atoms with van der Waals surface area (Å²) in [5.74, 6) is -1.36. The predicted molar refractivity (Wildman–Crippen MR) is 119 cm³/mol. The summed E-state index contributed by atoms with van der Waals surface area (Å²) in [6.07, 6.45) is 0. The van der Waals surface area contributed by atoms with Crippen molar-refractivity contribution in [2.45, 2.75) is 6.92 Å². The Bertz CT molecular complexity index is 1180. The van der Waals surface area contributed by atoms with Crippen LogP contribution in [0.1, 0.15) is 26.4 Å². The molecule has 33 heavy (non-hydrogen) atoms. The smallest absolute Gasteiger partial charge is 0.343 e. The normalized spacial score (nSPS) is 10.3. The molecular formula is C22H21ClN4O6. The molecule has 2 amide bonds. The van der Waals surface area contributed by atoms with Crippen LogP contribution in [-0.2, 0) is 9.53 Å². The first-order valence-corrected chi connectivity index (χ1v) is 10.0. The van der Waals surface area contributed by atoms with Crippen molar-refractivity contribution in [1.82, 2.24) is 20.6 Å². The Hall–Kier alpha value is -4.05. The van der Waals surface area contributed by atoms with Gasteiger partial charge in [-0.05, 0) is 37.3 Å². The number of hydrazine groups is 1. The molecule has 2 N–H and O–H groups in total. The van der Waals surface area contributed by atoms with Crippen LogP contribution in [0.4, 0.5) is 0 Å². The van der Waals surface area contributed by atoms with Crippen molar-refractivity contribution in [3.05, 3.63) is 70.5 Å². The number of benzene rings is 2. The minimum absolute atomic E-state index is 0.0442. The van der Waals surface area contributed by atoms with Crippen molar-refractivity contribution >= 4 is 29.4 Å². The Morgan fingerprint density at radius 3 is 2.36 bits per heavy atom. The van der Waals surface area contributed by atoms with Gasteiger partial charge < -0.3 is 14.2 Å². The largest absolute Gasteiger partial charge is 0.493 e. The molecule has 11 heteroatoms. The fraction of sp³-hybridized carbons (Fsp3) is 0.182. The molecule has 3 aromatic rings. The molecule has 0 unspecified atom stereocenters. The van der Waals surface area contributed by atoms with E-state index in [2.05, 4.69) is 16.0 Å². The van der Waals surface area contributed by atoms with Gasteiger partial charge >= 0.3 is 5.97 Å². The molecule has 0 radical (unpaired) electrons. The third-order valence-electron chi connectivity index (χ3n) is 4.50. The lowest BCUT2D eigenvalue weighted by molar-refractivity contribution is -0.125. The Balaban J connectivity index is 1.57. The number of methoxy groups -OCH3 is 2. The zero-order valence-electron chi connectivity index (χ0n) is 18.0. The van der Waals surface area contributed by atoms with Crippen LogP contribution >= 0.6 is 11.6 Å². The molecule has 0 aliphatic heterocycles. The third-order valence-corrected chi connectivity index (χ3v) is 4.85. The second-order valence-corrected chi connectivity index (χ2v) is 7.00. The maximum atomic E-state index is 12.5. The number of aryl methyl sites for hydroxylation is 1. The predicted octanol–water partition coefficient (Wildman–Crippen LogP) is 2.47. The van der Waals surface area contributed by atoms with Gasteiger partial charge in [0.1, 0.15) is 10.7 Å². The first-order chi connectivity index (χ1) is 15.8. The van der Waals surface area contributed by atoms with Gasteiger partial charge in [-0.15, -0.1) is 0 Å². The summed E-state index contributed by atoms with van der Waals surface area (Å²) in [6.45, 7) is 0.961. The number of hydrogen-bond acceptors (Lipinski definition) is 7. The summed E-state index contributed by atoms with van der Waals surface area (Å²) in [6, 6.07) is 13.5. The molecule has 0 aliphatic carbocycles. The maximum Gasteiger partial charge on any atom is 0.343 e. The van der Waals surface area contributed by atoms with Crippen LogP contribution in [0.3, 0.4) is 0 Å². The Labute approximate surface area is 194 Å². The molecule has 0 saturated heterocycles. The number of hydrogen-bond donors (Lipinski definition) is 2. The SMILES string of the molecule is COc1ccc(C(=O)NNC(=O)COC(=O)c2c(C)nn(-c3ccccc3)c2Cl)cc1OC. The molecule has 3 rings (SSSR count). The quantitative estimate of drug-likeness (QED) is 0.400. The van der Waals surface area contributed by atoms with E-state index in [1.807, 2.05) is 6.07 Å². The van der Waals surface area contributed by atoms with Crippen molar-refractivity contribution in [3.8, 4) is 17.2 Å². The summed E-state index contributed by atoms with van der Waals surface area (Å²) in [4.78, 5) is 36.8. The van der Waals surface area contributed by atoms with E-state index in [-0.39, 0.29) is 16.3 Å². The molecule has 0 bridgehead atoms. The Morgan fingerprint density at radius 2 is 1.70 bits per heavy atom. The minimum Gasteiger partial charge on any atom is -0.493 e. The van der Waals surface area contributed by atoms with Crippen LogP contribution in [0.25, 0.3) is 5.69 Å². The van der Waals surface area contributed by atoms with Crippen molar-refractivity contribution in [3.63, 3.8) is 0 Å². The summed E-state index contributed by atoms with van der Waals surface area (Å²) >= 11 is 6.31. The van der Waals surface area contributed by atoms with E-state index < -0.39 is 24.4 Å². The number of para-hydroxylation sites is 1. The molecule has 172 valence electrons. The number of rotatable bonds is 7. The molecule has 0 saturated carbocycles. The zero-order chi connectivity index (χ0) is 24.0. The fourth-order valence-electron chi connectivity index (χ4n) is 2.89. The molecule has 0 atom stereocenters. The number of nitrogens with one attached hydrogen (secondary N) is 2. The molecule has 0 spiro atoms. The first kappa shape index (κ1) is 23.6. The number of carbonyl (C=O) groups excluding carboxylic acids is 3. The van der Waals surface area contributed by atoms with Gasteiger partial charge in [-0.1, -0.05) is 29.8 Å². The van der Waals surface area contributed by atoms with Crippen LogP contribution in [0, 0.1) is 6.92 Å². The van der Waals surface area contributed by atoms with Crippen LogP contribution in [-0.4, -0.2) is 48.4 Å². The minimum atomic E-state index is -0.818. The van der Waals surface area contributed by atoms with Gasteiger partial charge in [0, 0.05) is 5.56 Å². The standard InChI is InChI=1S/C22H21ClN4O6/c1-13-19(20(23)27(26-13)15-7-5-4-6-8-15)22(30)33-12-18(28)24-25-21(29)14-9-10-16(31-2)17(11-14)32-3/h4-11H,12H2,1-3H3,(H,24,28)(H,25,29). The van der Waals surface area contributed by atoms with E-state index in [1.165, 1.54) is 31.0 Å².